The maximum atomic E-state index is 12.2. The summed E-state index contributed by atoms with van der Waals surface area (Å²) in [5.41, 5.74) is 0.729. The third kappa shape index (κ3) is 5.93. The summed E-state index contributed by atoms with van der Waals surface area (Å²) in [4.78, 5) is 35.5. The van der Waals surface area contributed by atoms with Crippen LogP contribution in [-0.4, -0.2) is 31.4 Å². The highest BCUT2D eigenvalue weighted by Crippen LogP contribution is 2.20. The second kappa shape index (κ2) is 9.62. The Morgan fingerprint density at radius 2 is 1.92 bits per heavy atom. The first-order chi connectivity index (χ1) is 12.5. The molecule has 0 bridgehead atoms. The number of nitrogens with one attached hydrogen (secondary N) is 2. The molecule has 0 spiro atoms. The summed E-state index contributed by atoms with van der Waals surface area (Å²) < 4.78 is 9.64. The minimum atomic E-state index is -0.548. The summed E-state index contributed by atoms with van der Waals surface area (Å²) in [5, 5.41) is 5.91. The molecule has 2 aromatic rings. The summed E-state index contributed by atoms with van der Waals surface area (Å²) >= 11 is 5.87. The lowest BCUT2D eigenvalue weighted by Gasteiger charge is -2.18. The predicted octanol–water partition coefficient (Wildman–Crippen LogP) is 2.47. The van der Waals surface area contributed by atoms with Gasteiger partial charge in [-0.2, -0.15) is 0 Å². The largest absolute Gasteiger partial charge is 0.469 e. The van der Waals surface area contributed by atoms with E-state index < -0.39 is 17.9 Å². The van der Waals surface area contributed by atoms with E-state index in [0.29, 0.717) is 5.02 Å². The standard InChI is InChI=1S/C18H19ClN2O5/c1-25-17(23)11-14(12-4-6-13(19)7-5-12)21-16(22)8-9-20-18(24)15-3-2-10-26-15/h2-7,10,14H,8-9,11H2,1H3,(H,20,24)(H,21,22). The van der Waals surface area contributed by atoms with Crippen LogP contribution < -0.4 is 10.6 Å². The monoisotopic (exact) mass is 378 g/mol. The van der Waals surface area contributed by atoms with Crippen molar-refractivity contribution in [3.8, 4) is 0 Å². The zero-order chi connectivity index (χ0) is 18.9. The van der Waals surface area contributed by atoms with E-state index in [2.05, 4.69) is 15.4 Å². The quantitative estimate of drug-likeness (QED) is 0.688. The molecule has 0 aliphatic heterocycles. The van der Waals surface area contributed by atoms with Crippen molar-refractivity contribution in [3.63, 3.8) is 0 Å². The van der Waals surface area contributed by atoms with Gasteiger partial charge in [0.15, 0.2) is 5.76 Å². The van der Waals surface area contributed by atoms with Crippen molar-refractivity contribution in [2.45, 2.75) is 18.9 Å². The summed E-state index contributed by atoms with van der Waals surface area (Å²) in [5.74, 6) is -0.980. The van der Waals surface area contributed by atoms with Gasteiger partial charge >= 0.3 is 5.97 Å². The van der Waals surface area contributed by atoms with Crippen LogP contribution in [0, 0.1) is 0 Å². The molecule has 0 saturated heterocycles. The summed E-state index contributed by atoms with van der Waals surface area (Å²) in [6.07, 6.45) is 1.44. The highest BCUT2D eigenvalue weighted by atomic mass is 35.5. The molecule has 1 heterocycles. The smallest absolute Gasteiger partial charge is 0.307 e. The van der Waals surface area contributed by atoms with Crippen LogP contribution in [0.2, 0.25) is 5.02 Å². The highest BCUT2D eigenvalue weighted by Gasteiger charge is 2.19. The maximum absolute atomic E-state index is 12.2. The van der Waals surface area contributed by atoms with E-state index in [-0.39, 0.29) is 31.1 Å². The van der Waals surface area contributed by atoms with Gasteiger partial charge in [-0.05, 0) is 29.8 Å². The first-order valence-electron chi connectivity index (χ1n) is 7.93. The number of esters is 1. The molecule has 0 saturated carbocycles. The second-order valence-electron chi connectivity index (χ2n) is 5.44. The third-order valence-electron chi connectivity index (χ3n) is 3.59. The van der Waals surface area contributed by atoms with E-state index in [9.17, 15) is 14.4 Å². The SMILES string of the molecule is COC(=O)CC(NC(=O)CCNC(=O)c1ccco1)c1ccc(Cl)cc1. The van der Waals surface area contributed by atoms with Crippen LogP contribution >= 0.6 is 11.6 Å². The molecule has 0 aliphatic rings. The number of carbonyl (C=O) groups is 3. The minimum Gasteiger partial charge on any atom is -0.469 e. The van der Waals surface area contributed by atoms with E-state index in [1.807, 2.05) is 0 Å². The van der Waals surface area contributed by atoms with Gasteiger partial charge < -0.3 is 19.8 Å². The zero-order valence-corrected chi connectivity index (χ0v) is 14.9. The number of amides is 2. The van der Waals surface area contributed by atoms with Crippen molar-refractivity contribution in [3.05, 3.63) is 59.0 Å². The molecule has 2 amide bonds. The number of carbonyl (C=O) groups excluding carboxylic acids is 3. The topological polar surface area (TPSA) is 97.6 Å². The van der Waals surface area contributed by atoms with E-state index in [1.165, 1.54) is 19.4 Å². The van der Waals surface area contributed by atoms with E-state index in [0.717, 1.165) is 5.56 Å². The Kier molecular flexibility index (Phi) is 7.23. The Morgan fingerprint density at radius 1 is 1.19 bits per heavy atom. The first-order valence-corrected chi connectivity index (χ1v) is 8.30. The molecule has 1 atom stereocenters. The van der Waals surface area contributed by atoms with E-state index in [1.54, 1.807) is 30.3 Å². The predicted molar refractivity (Wildman–Crippen MR) is 94.6 cm³/mol. The number of ether oxygens (including phenoxy) is 1. The van der Waals surface area contributed by atoms with Crippen molar-refractivity contribution in [2.75, 3.05) is 13.7 Å². The van der Waals surface area contributed by atoms with Gasteiger partial charge in [0.05, 0.1) is 25.8 Å². The minimum absolute atomic E-state index is 0.0113. The molecule has 26 heavy (non-hydrogen) atoms. The van der Waals surface area contributed by atoms with Crippen molar-refractivity contribution < 1.29 is 23.5 Å². The van der Waals surface area contributed by atoms with Crippen molar-refractivity contribution in [1.29, 1.82) is 0 Å². The second-order valence-corrected chi connectivity index (χ2v) is 5.87. The molecule has 1 unspecified atom stereocenters. The van der Waals surface area contributed by atoms with Gasteiger partial charge in [0.2, 0.25) is 5.91 Å². The Bertz CT molecular complexity index is 743. The number of rotatable bonds is 8. The Morgan fingerprint density at radius 3 is 2.54 bits per heavy atom. The molecular weight excluding hydrogens is 360 g/mol. The summed E-state index contributed by atoms with van der Waals surface area (Å²) in [6, 6.07) is 9.40. The Labute approximate surface area is 155 Å². The van der Waals surface area contributed by atoms with Gasteiger partial charge in [0, 0.05) is 18.0 Å². The lowest BCUT2D eigenvalue weighted by Crippen LogP contribution is -2.34. The molecule has 2 N–H and O–H groups in total. The van der Waals surface area contributed by atoms with Crippen LogP contribution in [0.3, 0.4) is 0 Å². The van der Waals surface area contributed by atoms with Crippen molar-refractivity contribution >= 4 is 29.4 Å². The lowest BCUT2D eigenvalue weighted by molar-refractivity contribution is -0.141. The molecular formula is C18H19ClN2O5. The van der Waals surface area contributed by atoms with Gasteiger partial charge in [-0.15, -0.1) is 0 Å². The zero-order valence-electron chi connectivity index (χ0n) is 14.2. The normalized spacial score (nSPS) is 11.5. The molecule has 2 rings (SSSR count). The fraction of sp³-hybridized carbons (Fsp3) is 0.278. The molecule has 138 valence electrons. The average molecular weight is 379 g/mol. The van der Waals surface area contributed by atoms with Crippen molar-refractivity contribution in [1.82, 2.24) is 10.6 Å². The Hall–Kier alpha value is -2.80. The van der Waals surface area contributed by atoms with Gasteiger partial charge in [0.25, 0.3) is 5.91 Å². The van der Waals surface area contributed by atoms with Crippen LogP contribution in [0.1, 0.15) is 35.0 Å². The summed E-state index contributed by atoms with van der Waals surface area (Å²) in [6.45, 7) is 0.136. The first kappa shape index (κ1) is 19.5. The molecule has 0 aliphatic carbocycles. The molecule has 1 aromatic heterocycles. The molecule has 0 fully saturated rings. The third-order valence-corrected chi connectivity index (χ3v) is 3.84. The van der Waals surface area contributed by atoms with Crippen LogP contribution in [0.4, 0.5) is 0 Å². The number of hydrogen-bond donors (Lipinski definition) is 2. The fourth-order valence-electron chi connectivity index (χ4n) is 2.25. The van der Waals surface area contributed by atoms with Crippen LogP contribution in [0.5, 0.6) is 0 Å². The number of halogens is 1. The summed E-state index contributed by atoms with van der Waals surface area (Å²) in [7, 11) is 1.28. The number of furan rings is 1. The van der Waals surface area contributed by atoms with Gasteiger partial charge in [-0.3, -0.25) is 14.4 Å². The highest BCUT2D eigenvalue weighted by molar-refractivity contribution is 6.30. The van der Waals surface area contributed by atoms with E-state index in [4.69, 9.17) is 16.0 Å². The van der Waals surface area contributed by atoms with Gasteiger partial charge in [-0.1, -0.05) is 23.7 Å². The number of benzene rings is 1. The molecule has 7 nitrogen and oxygen atoms in total. The average Bonchev–Trinajstić information content (AvgIpc) is 3.16. The van der Waals surface area contributed by atoms with Crippen LogP contribution in [0.15, 0.2) is 47.1 Å². The van der Waals surface area contributed by atoms with Gasteiger partial charge in [0.1, 0.15) is 0 Å². The fourth-order valence-corrected chi connectivity index (χ4v) is 2.37. The number of methoxy groups -OCH3 is 1. The maximum Gasteiger partial charge on any atom is 0.307 e. The number of hydrogen-bond acceptors (Lipinski definition) is 5. The molecule has 8 heteroatoms. The van der Waals surface area contributed by atoms with Crippen LogP contribution in [0.25, 0.3) is 0 Å². The molecule has 0 radical (unpaired) electrons. The van der Waals surface area contributed by atoms with Gasteiger partial charge in [-0.25, -0.2) is 0 Å². The van der Waals surface area contributed by atoms with Crippen molar-refractivity contribution in [2.24, 2.45) is 0 Å². The van der Waals surface area contributed by atoms with Crippen LogP contribution in [-0.2, 0) is 14.3 Å². The van der Waals surface area contributed by atoms with E-state index >= 15 is 0 Å². The lowest BCUT2D eigenvalue weighted by atomic mass is 10.0. The Balaban J connectivity index is 1.89. The molecule has 1 aromatic carbocycles.